The van der Waals surface area contributed by atoms with Gasteiger partial charge in [-0.3, -0.25) is 9.48 Å². The molecule has 1 unspecified atom stereocenters. The Kier molecular flexibility index (Phi) is 3.69. The lowest BCUT2D eigenvalue weighted by molar-refractivity contribution is 0.0932. The largest absolute Gasteiger partial charge is 0.344 e. The number of fused-ring (bicyclic) bond motifs is 1. The molecule has 2 aromatic heterocycles. The Morgan fingerprint density at radius 2 is 2.29 bits per heavy atom. The number of aromatic nitrogens is 3. The second-order valence-electron chi connectivity index (χ2n) is 6.15. The fraction of sp³-hybridized carbons (Fsp3) is 0.278. The summed E-state index contributed by atoms with van der Waals surface area (Å²) in [5, 5.41) is 9.90. The number of thiazole rings is 1. The Labute approximate surface area is 144 Å². The van der Waals surface area contributed by atoms with Crippen molar-refractivity contribution >= 4 is 17.2 Å². The zero-order valence-electron chi connectivity index (χ0n) is 13.6. The average Bonchev–Trinajstić information content (AvgIpc) is 3.27. The summed E-state index contributed by atoms with van der Waals surface area (Å²) in [5.41, 5.74) is 5.32. The molecule has 0 saturated carbocycles. The van der Waals surface area contributed by atoms with Gasteiger partial charge in [0.15, 0.2) is 0 Å². The second-order valence-corrected chi connectivity index (χ2v) is 7.01. The molecule has 1 amide bonds. The number of carbonyl (C=O) groups excluding carboxylic acids is 1. The molecule has 5 nitrogen and oxygen atoms in total. The molecule has 0 aliphatic heterocycles. The predicted molar refractivity (Wildman–Crippen MR) is 94.0 cm³/mol. The molecule has 24 heavy (non-hydrogen) atoms. The van der Waals surface area contributed by atoms with Crippen molar-refractivity contribution < 1.29 is 4.79 Å². The van der Waals surface area contributed by atoms with Gasteiger partial charge in [-0.2, -0.15) is 5.10 Å². The predicted octanol–water partition coefficient (Wildman–Crippen LogP) is 3.27. The Balaban J connectivity index is 1.52. The summed E-state index contributed by atoms with van der Waals surface area (Å²) in [4.78, 5) is 17.0. The molecule has 1 aromatic carbocycles. The molecule has 1 N–H and O–H groups in total. The Hall–Kier alpha value is -2.47. The van der Waals surface area contributed by atoms with Crippen LogP contribution in [0.1, 0.15) is 39.6 Å². The molecule has 0 bridgehead atoms. The van der Waals surface area contributed by atoms with E-state index in [0.29, 0.717) is 5.69 Å². The third kappa shape index (κ3) is 2.63. The number of carbonyl (C=O) groups is 1. The van der Waals surface area contributed by atoms with Crippen molar-refractivity contribution in [2.24, 2.45) is 7.05 Å². The molecule has 3 aromatic rings. The maximum absolute atomic E-state index is 12.6. The number of amides is 1. The monoisotopic (exact) mass is 338 g/mol. The van der Waals surface area contributed by atoms with Crippen LogP contribution in [0.4, 0.5) is 0 Å². The number of nitrogens with zero attached hydrogens (tertiary/aromatic N) is 3. The fourth-order valence-electron chi connectivity index (χ4n) is 3.26. The molecule has 4 rings (SSSR count). The van der Waals surface area contributed by atoms with Crippen molar-refractivity contribution in [3.05, 3.63) is 58.4 Å². The lowest BCUT2D eigenvalue weighted by Gasteiger charge is -2.13. The van der Waals surface area contributed by atoms with Crippen LogP contribution < -0.4 is 5.32 Å². The molecular weight excluding hydrogens is 320 g/mol. The third-order valence-corrected chi connectivity index (χ3v) is 5.39. The Morgan fingerprint density at radius 3 is 3.08 bits per heavy atom. The van der Waals surface area contributed by atoms with E-state index < -0.39 is 0 Å². The van der Waals surface area contributed by atoms with Gasteiger partial charge >= 0.3 is 0 Å². The van der Waals surface area contributed by atoms with Crippen molar-refractivity contribution in [2.75, 3.05) is 0 Å². The highest BCUT2D eigenvalue weighted by Crippen LogP contribution is 2.33. The van der Waals surface area contributed by atoms with Crippen LogP contribution >= 0.6 is 11.3 Å². The number of hydrogen-bond acceptors (Lipinski definition) is 4. The number of benzene rings is 1. The minimum Gasteiger partial charge on any atom is -0.344 e. The highest BCUT2D eigenvalue weighted by atomic mass is 32.1. The molecule has 0 spiro atoms. The normalized spacial score (nSPS) is 16.2. The zero-order chi connectivity index (χ0) is 16.7. The van der Waals surface area contributed by atoms with E-state index in [1.165, 1.54) is 28.0 Å². The lowest BCUT2D eigenvalue weighted by atomic mass is 10.0. The van der Waals surface area contributed by atoms with Crippen LogP contribution in [0.3, 0.4) is 0 Å². The molecule has 0 radical (unpaired) electrons. The summed E-state index contributed by atoms with van der Waals surface area (Å²) in [6.07, 6.45) is 5.63. The van der Waals surface area contributed by atoms with Gasteiger partial charge in [-0.1, -0.05) is 18.2 Å². The van der Waals surface area contributed by atoms with Crippen LogP contribution in [0.15, 0.2) is 36.0 Å². The maximum atomic E-state index is 12.6. The van der Waals surface area contributed by atoms with Crippen LogP contribution in [0.2, 0.25) is 0 Å². The first-order chi connectivity index (χ1) is 11.6. The summed E-state index contributed by atoms with van der Waals surface area (Å²) >= 11 is 1.46. The van der Waals surface area contributed by atoms with Crippen LogP contribution in [-0.4, -0.2) is 20.7 Å². The third-order valence-electron chi connectivity index (χ3n) is 4.50. The second kappa shape index (κ2) is 5.87. The Morgan fingerprint density at radius 1 is 1.42 bits per heavy atom. The first-order valence-electron chi connectivity index (χ1n) is 7.95. The first-order valence-corrected chi connectivity index (χ1v) is 8.83. The van der Waals surface area contributed by atoms with Crippen molar-refractivity contribution in [2.45, 2.75) is 25.8 Å². The van der Waals surface area contributed by atoms with Gasteiger partial charge in [-0.15, -0.1) is 11.3 Å². The van der Waals surface area contributed by atoms with E-state index >= 15 is 0 Å². The summed E-state index contributed by atoms with van der Waals surface area (Å²) in [6.45, 7) is 2.13. The van der Waals surface area contributed by atoms with Crippen molar-refractivity contribution in [1.29, 1.82) is 0 Å². The van der Waals surface area contributed by atoms with Gasteiger partial charge < -0.3 is 5.32 Å². The summed E-state index contributed by atoms with van der Waals surface area (Å²) in [7, 11) is 1.87. The molecule has 122 valence electrons. The van der Waals surface area contributed by atoms with Crippen LogP contribution in [0.5, 0.6) is 0 Å². The SMILES string of the molecule is Cc1cccc2c1CCC2NC(=O)c1csc(-c2cnn(C)c2)n1. The zero-order valence-corrected chi connectivity index (χ0v) is 14.4. The maximum Gasteiger partial charge on any atom is 0.271 e. The number of aryl methyl sites for hydroxylation is 2. The minimum atomic E-state index is -0.110. The summed E-state index contributed by atoms with van der Waals surface area (Å²) in [5.74, 6) is -0.110. The van der Waals surface area contributed by atoms with E-state index in [-0.39, 0.29) is 11.9 Å². The highest BCUT2D eigenvalue weighted by Gasteiger charge is 2.26. The molecule has 2 heterocycles. The quantitative estimate of drug-likeness (QED) is 0.797. The van der Waals surface area contributed by atoms with E-state index in [1.807, 2.05) is 18.6 Å². The summed E-state index contributed by atoms with van der Waals surface area (Å²) < 4.78 is 1.73. The van der Waals surface area contributed by atoms with Gasteiger partial charge in [0.05, 0.1) is 12.2 Å². The van der Waals surface area contributed by atoms with Crippen molar-refractivity contribution in [3.8, 4) is 10.6 Å². The minimum absolute atomic E-state index is 0.0796. The van der Waals surface area contributed by atoms with E-state index in [2.05, 4.69) is 40.5 Å². The smallest absolute Gasteiger partial charge is 0.271 e. The van der Waals surface area contributed by atoms with Crippen LogP contribution in [-0.2, 0) is 13.5 Å². The van der Waals surface area contributed by atoms with Crippen molar-refractivity contribution in [3.63, 3.8) is 0 Å². The molecule has 1 atom stereocenters. The van der Waals surface area contributed by atoms with Gasteiger partial charge in [0.25, 0.3) is 5.91 Å². The fourth-order valence-corrected chi connectivity index (χ4v) is 4.04. The Bertz CT molecular complexity index is 911. The number of hydrogen-bond donors (Lipinski definition) is 1. The molecule has 6 heteroatoms. The van der Waals surface area contributed by atoms with Gasteiger partial charge in [0.1, 0.15) is 10.7 Å². The first kappa shape index (κ1) is 15.1. The molecular formula is C18H18N4OS. The molecule has 0 saturated heterocycles. The number of rotatable bonds is 3. The van der Waals surface area contributed by atoms with Crippen LogP contribution in [0.25, 0.3) is 10.6 Å². The van der Waals surface area contributed by atoms with Gasteiger partial charge in [0, 0.05) is 24.2 Å². The van der Waals surface area contributed by atoms with E-state index in [4.69, 9.17) is 0 Å². The van der Waals surface area contributed by atoms with Crippen molar-refractivity contribution in [1.82, 2.24) is 20.1 Å². The van der Waals surface area contributed by atoms with Gasteiger partial charge in [-0.25, -0.2) is 4.98 Å². The topological polar surface area (TPSA) is 59.8 Å². The molecule has 0 fully saturated rings. The lowest BCUT2D eigenvalue weighted by Crippen LogP contribution is -2.27. The van der Waals surface area contributed by atoms with E-state index in [0.717, 1.165) is 23.4 Å². The van der Waals surface area contributed by atoms with Crippen LogP contribution in [0, 0.1) is 6.92 Å². The molecule has 1 aliphatic carbocycles. The average molecular weight is 338 g/mol. The van der Waals surface area contributed by atoms with Gasteiger partial charge in [0.2, 0.25) is 0 Å². The summed E-state index contributed by atoms with van der Waals surface area (Å²) in [6, 6.07) is 6.38. The standard InChI is InChI=1S/C18H18N4OS/c1-11-4-3-5-14-13(11)6-7-15(14)20-17(23)16-10-24-18(21-16)12-8-19-22(2)9-12/h3-5,8-10,15H,6-7H2,1-2H3,(H,20,23). The van der Waals surface area contributed by atoms with Gasteiger partial charge in [-0.05, 0) is 36.5 Å². The molecule has 1 aliphatic rings. The number of nitrogens with one attached hydrogen (secondary N) is 1. The highest BCUT2D eigenvalue weighted by molar-refractivity contribution is 7.13. The van der Waals surface area contributed by atoms with E-state index in [9.17, 15) is 4.79 Å². The van der Waals surface area contributed by atoms with E-state index in [1.54, 1.807) is 10.9 Å².